The molecule has 10 heteroatoms. The van der Waals surface area contributed by atoms with Crippen molar-refractivity contribution in [3.63, 3.8) is 0 Å². The Balaban J connectivity index is 1.73. The van der Waals surface area contributed by atoms with E-state index in [9.17, 15) is 27.2 Å². The van der Waals surface area contributed by atoms with Crippen LogP contribution >= 0.6 is 11.3 Å². The van der Waals surface area contributed by atoms with Crippen LogP contribution in [0.4, 0.5) is 17.6 Å². The summed E-state index contributed by atoms with van der Waals surface area (Å²) in [6.07, 6.45) is -3.37. The predicted molar refractivity (Wildman–Crippen MR) is 106 cm³/mol. The van der Waals surface area contributed by atoms with E-state index in [1.165, 1.54) is 28.2 Å². The molecule has 4 rings (SSSR count). The van der Waals surface area contributed by atoms with E-state index in [0.29, 0.717) is 23.9 Å². The first-order chi connectivity index (χ1) is 14.0. The van der Waals surface area contributed by atoms with Crippen molar-refractivity contribution in [3.8, 4) is 11.1 Å². The molecular weight excluding hydrogens is 422 g/mol. The molecule has 1 fully saturated rings. The minimum absolute atomic E-state index is 0.0813. The molecule has 1 saturated heterocycles. The molecule has 0 saturated carbocycles. The number of aromatic nitrogens is 1. The van der Waals surface area contributed by atoms with Crippen LogP contribution in [-0.4, -0.2) is 34.0 Å². The summed E-state index contributed by atoms with van der Waals surface area (Å²) in [7, 11) is 0. The third kappa shape index (κ3) is 3.61. The Labute approximate surface area is 172 Å². The molecule has 1 aliphatic heterocycles. The number of carbonyl (C=O) groups is 1. The molecule has 0 atom stereocenters. The van der Waals surface area contributed by atoms with Crippen LogP contribution in [0.15, 0.2) is 40.6 Å². The lowest BCUT2D eigenvalue weighted by molar-refractivity contribution is -0.140. The van der Waals surface area contributed by atoms with Gasteiger partial charge in [0.15, 0.2) is 0 Å². The van der Waals surface area contributed by atoms with Crippen molar-refractivity contribution in [3.05, 3.63) is 57.6 Å². The second-order valence-corrected chi connectivity index (χ2v) is 8.64. The molecule has 0 radical (unpaired) electrons. The van der Waals surface area contributed by atoms with Gasteiger partial charge in [-0.25, -0.2) is 4.39 Å². The zero-order chi connectivity index (χ0) is 21.8. The number of fused-ring (bicyclic) bond motifs is 1. The van der Waals surface area contributed by atoms with Crippen LogP contribution in [-0.2, 0) is 17.5 Å². The van der Waals surface area contributed by atoms with E-state index in [4.69, 9.17) is 5.73 Å². The lowest BCUT2D eigenvalue weighted by Gasteiger charge is -2.45. The first-order valence-electron chi connectivity index (χ1n) is 9.01. The van der Waals surface area contributed by atoms with Crippen LogP contribution in [0.5, 0.6) is 0 Å². The molecule has 1 aliphatic rings. The number of hydrogen-bond acceptors (Lipinski definition) is 4. The first kappa shape index (κ1) is 20.5. The maximum absolute atomic E-state index is 13.6. The molecule has 1 aromatic carbocycles. The average Bonchev–Trinajstić information content (AvgIpc) is 3.06. The van der Waals surface area contributed by atoms with Crippen LogP contribution in [0.1, 0.15) is 12.5 Å². The number of benzene rings is 1. The van der Waals surface area contributed by atoms with Gasteiger partial charge in [0.2, 0.25) is 5.91 Å². The highest BCUT2D eigenvalue weighted by Gasteiger charge is 2.38. The highest BCUT2D eigenvalue weighted by Crippen LogP contribution is 2.37. The van der Waals surface area contributed by atoms with Crippen molar-refractivity contribution in [2.45, 2.75) is 25.2 Å². The topological polar surface area (TPSA) is 68.3 Å². The van der Waals surface area contributed by atoms with Crippen LogP contribution in [0, 0.1) is 5.82 Å². The molecule has 1 amide bonds. The third-order valence-corrected chi connectivity index (χ3v) is 5.99. The lowest BCUT2D eigenvalue weighted by Crippen LogP contribution is -2.67. The van der Waals surface area contributed by atoms with Gasteiger partial charge in [0.25, 0.3) is 5.56 Å². The summed E-state index contributed by atoms with van der Waals surface area (Å²) >= 11 is 1.19. The van der Waals surface area contributed by atoms with Crippen LogP contribution in [0.2, 0.25) is 0 Å². The number of nitrogens with two attached hydrogens (primary N) is 1. The summed E-state index contributed by atoms with van der Waals surface area (Å²) in [5.41, 5.74) is 3.92. The predicted octanol–water partition coefficient (Wildman–Crippen LogP) is 3.45. The average molecular weight is 439 g/mol. The SMILES string of the molecule is CC1(N)CN(C(=O)Cn2ccc3scc(-c4ccc(F)c(C(F)(F)F)c4)c3c2=O)C1. The van der Waals surface area contributed by atoms with Gasteiger partial charge < -0.3 is 15.2 Å². The summed E-state index contributed by atoms with van der Waals surface area (Å²) in [6, 6.07) is 4.27. The van der Waals surface area contributed by atoms with E-state index in [0.717, 1.165) is 6.07 Å². The molecule has 158 valence electrons. The van der Waals surface area contributed by atoms with Gasteiger partial charge in [0.05, 0.1) is 10.9 Å². The Morgan fingerprint density at radius 2 is 1.97 bits per heavy atom. The van der Waals surface area contributed by atoms with Gasteiger partial charge in [-0.1, -0.05) is 6.07 Å². The van der Waals surface area contributed by atoms with Crippen molar-refractivity contribution in [1.82, 2.24) is 9.47 Å². The van der Waals surface area contributed by atoms with E-state index >= 15 is 0 Å². The van der Waals surface area contributed by atoms with Crippen molar-refractivity contribution >= 4 is 27.3 Å². The maximum Gasteiger partial charge on any atom is 0.419 e. The van der Waals surface area contributed by atoms with E-state index < -0.39 is 28.7 Å². The number of pyridine rings is 1. The van der Waals surface area contributed by atoms with Gasteiger partial charge in [-0.3, -0.25) is 9.59 Å². The number of hydrogen-bond donors (Lipinski definition) is 1. The van der Waals surface area contributed by atoms with E-state index in [1.54, 1.807) is 16.3 Å². The molecule has 5 nitrogen and oxygen atoms in total. The highest BCUT2D eigenvalue weighted by atomic mass is 32.1. The number of carbonyl (C=O) groups excluding carboxylic acids is 1. The lowest BCUT2D eigenvalue weighted by atomic mass is 9.94. The number of likely N-dealkylation sites (tertiary alicyclic amines) is 1. The van der Waals surface area contributed by atoms with Crippen LogP contribution in [0.3, 0.4) is 0 Å². The molecule has 0 spiro atoms. The number of amides is 1. The molecule has 3 aromatic rings. The Kier molecular flexibility index (Phi) is 4.74. The highest BCUT2D eigenvalue weighted by molar-refractivity contribution is 7.17. The zero-order valence-electron chi connectivity index (χ0n) is 15.8. The smallest absolute Gasteiger partial charge is 0.337 e. The Morgan fingerprint density at radius 3 is 2.60 bits per heavy atom. The Bertz CT molecular complexity index is 1200. The molecule has 0 aliphatic carbocycles. The van der Waals surface area contributed by atoms with Crippen molar-refractivity contribution < 1.29 is 22.4 Å². The fourth-order valence-corrected chi connectivity index (χ4v) is 4.53. The molecular formula is C20H17F4N3O2S. The Hall–Kier alpha value is -2.72. The van der Waals surface area contributed by atoms with Gasteiger partial charge in [-0.15, -0.1) is 11.3 Å². The largest absolute Gasteiger partial charge is 0.419 e. The van der Waals surface area contributed by atoms with Gasteiger partial charge in [-0.2, -0.15) is 13.2 Å². The summed E-state index contributed by atoms with van der Waals surface area (Å²) in [6.45, 7) is 2.41. The van der Waals surface area contributed by atoms with Gasteiger partial charge in [0.1, 0.15) is 12.4 Å². The van der Waals surface area contributed by atoms with Gasteiger partial charge >= 0.3 is 6.18 Å². The maximum atomic E-state index is 13.6. The standard InChI is InChI=1S/C20H17F4N3O2S/c1-19(25)9-27(10-19)16(28)7-26-5-4-15-17(18(26)29)12(8-30-15)11-2-3-14(21)13(6-11)20(22,23)24/h2-6,8H,7,9-10,25H2,1H3. The minimum Gasteiger partial charge on any atom is -0.337 e. The molecule has 0 bridgehead atoms. The number of rotatable bonds is 3. The first-order valence-corrected chi connectivity index (χ1v) is 9.89. The fraction of sp³-hybridized carbons (Fsp3) is 0.300. The van der Waals surface area contributed by atoms with Crippen LogP contribution < -0.4 is 11.3 Å². The molecule has 30 heavy (non-hydrogen) atoms. The minimum atomic E-state index is -4.85. The van der Waals surface area contributed by atoms with Crippen LogP contribution in [0.25, 0.3) is 21.2 Å². The number of alkyl halides is 3. The normalized spacial score (nSPS) is 16.0. The van der Waals surface area contributed by atoms with E-state index in [-0.39, 0.29) is 29.0 Å². The second kappa shape index (κ2) is 6.92. The van der Waals surface area contributed by atoms with Gasteiger partial charge in [-0.05, 0) is 30.7 Å². The zero-order valence-corrected chi connectivity index (χ0v) is 16.6. The fourth-order valence-electron chi connectivity index (χ4n) is 3.58. The summed E-state index contributed by atoms with van der Waals surface area (Å²) in [5.74, 6) is -1.65. The number of thiophene rings is 1. The monoisotopic (exact) mass is 439 g/mol. The number of nitrogens with zero attached hydrogens (tertiary/aromatic N) is 2. The third-order valence-electron chi connectivity index (χ3n) is 5.05. The van der Waals surface area contributed by atoms with Crippen molar-refractivity contribution in [2.75, 3.05) is 13.1 Å². The number of halogens is 4. The quantitative estimate of drug-likeness (QED) is 0.636. The molecule has 2 N–H and O–H groups in total. The molecule has 0 unspecified atom stereocenters. The molecule has 2 aromatic heterocycles. The van der Waals surface area contributed by atoms with Crippen molar-refractivity contribution in [1.29, 1.82) is 0 Å². The summed E-state index contributed by atoms with van der Waals surface area (Å²) < 4.78 is 54.7. The van der Waals surface area contributed by atoms with Gasteiger partial charge in [0, 0.05) is 40.5 Å². The summed E-state index contributed by atoms with van der Waals surface area (Å²) in [4.78, 5) is 26.9. The Morgan fingerprint density at radius 1 is 1.27 bits per heavy atom. The van der Waals surface area contributed by atoms with Crippen molar-refractivity contribution in [2.24, 2.45) is 5.73 Å². The summed E-state index contributed by atoms with van der Waals surface area (Å²) in [5, 5.41) is 1.75. The van der Waals surface area contributed by atoms with E-state index in [2.05, 4.69) is 0 Å². The second-order valence-electron chi connectivity index (χ2n) is 7.73. The molecule has 3 heterocycles. The van der Waals surface area contributed by atoms with E-state index in [1.807, 2.05) is 6.92 Å².